The molecule has 1 aromatic carbocycles. The lowest BCUT2D eigenvalue weighted by molar-refractivity contribution is 0.0951. The summed E-state index contributed by atoms with van der Waals surface area (Å²) < 4.78 is 27.5. The van der Waals surface area contributed by atoms with Gasteiger partial charge in [-0.2, -0.15) is 4.31 Å². The Morgan fingerprint density at radius 3 is 2.67 bits per heavy atom. The summed E-state index contributed by atoms with van der Waals surface area (Å²) in [6, 6.07) is 4.97. The lowest BCUT2D eigenvalue weighted by Gasteiger charge is -2.26. The minimum Gasteiger partial charge on any atom is -0.352 e. The Hall–Kier alpha value is -1.15. The Kier molecular flexibility index (Phi) is 8.09. The van der Waals surface area contributed by atoms with Crippen molar-refractivity contribution in [2.24, 2.45) is 5.92 Å². The Labute approximate surface area is 168 Å². The van der Waals surface area contributed by atoms with E-state index < -0.39 is 10.0 Å². The van der Waals surface area contributed by atoms with E-state index in [1.54, 1.807) is 23.4 Å². The van der Waals surface area contributed by atoms with Gasteiger partial charge in [-0.15, -0.1) is 12.4 Å². The summed E-state index contributed by atoms with van der Waals surface area (Å²) in [4.78, 5) is 12.7. The number of piperidine rings is 1. The first kappa shape index (κ1) is 22.1. The highest BCUT2D eigenvalue weighted by Crippen LogP contribution is 2.24. The Morgan fingerprint density at radius 2 is 2.00 bits per heavy atom. The van der Waals surface area contributed by atoms with Crippen molar-refractivity contribution in [3.8, 4) is 0 Å². The molecular weight excluding hydrogens is 386 g/mol. The van der Waals surface area contributed by atoms with Gasteiger partial charge in [0.25, 0.3) is 5.91 Å². The van der Waals surface area contributed by atoms with Crippen LogP contribution in [-0.2, 0) is 10.0 Å². The van der Waals surface area contributed by atoms with Gasteiger partial charge < -0.3 is 10.6 Å². The van der Waals surface area contributed by atoms with Crippen molar-refractivity contribution in [1.29, 1.82) is 0 Å². The highest BCUT2D eigenvalue weighted by atomic mass is 35.5. The second-order valence-corrected chi connectivity index (χ2v) is 9.25. The van der Waals surface area contributed by atoms with Crippen molar-refractivity contribution >= 4 is 28.3 Å². The van der Waals surface area contributed by atoms with Gasteiger partial charge in [-0.3, -0.25) is 4.79 Å². The third kappa shape index (κ3) is 5.44. The van der Waals surface area contributed by atoms with Crippen LogP contribution in [0.25, 0.3) is 0 Å². The number of halogens is 1. The Morgan fingerprint density at radius 1 is 1.26 bits per heavy atom. The van der Waals surface area contributed by atoms with E-state index in [-0.39, 0.29) is 23.2 Å². The zero-order valence-corrected chi connectivity index (χ0v) is 17.5. The smallest absolute Gasteiger partial charge is 0.251 e. The van der Waals surface area contributed by atoms with Crippen LogP contribution in [0, 0.1) is 12.8 Å². The lowest BCUT2D eigenvalue weighted by Crippen LogP contribution is -2.36. The number of nitrogens with zero attached hydrogens (tertiary/aromatic N) is 1. The van der Waals surface area contributed by atoms with Crippen LogP contribution in [0.1, 0.15) is 48.0 Å². The summed E-state index contributed by atoms with van der Waals surface area (Å²) in [7, 11) is -3.54. The fourth-order valence-corrected chi connectivity index (χ4v) is 5.48. The minimum absolute atomic E-state index is 0. The molecule has 27 heavy (non-hydrogen) atoms. The summed E-state index contributed by atoms with van der Waals surface area (Å²) >= 11 is 0. The van der Waals surface area contributed by atoms with Crippen LogP contribution < -0.4 is 10.6 Å². The minimum atomic E-state index is -3.54. The van der Waals surface area contributed by atoms with E-state index >= 15 is 0 Å². The number of aryl methyl sites for hydroxylation is 1. The molecule has 2 N–H and O–H groups in total. The summed E-state index contributed by atoms with van der Waals surface area (Å²) in [5.74, 6) is 0.411. The largest absolute Gasteiger partial charge is 0.352 e. The number of carbonyl (C=O) groups is 1. The van der Waals surface area contributed by atoms with Crippen molar-refractivity contribution in [2.75, 3.05) is 32.7 Å². The summed E-state index contributed by atoms with van der Waals surface area (Å²) in [6.45, 7) is 5.59. The lowest BCUT2D eigenvalue weighted by atomic mass is 10.1. The highest BCUT2D eigenvalue weighted by molar-refractivity contribution is 7.89. The molecule has 0 radical (unpaired) electrons. The molecule has 0 bridgehead atoms. The van der Waals surface area contributed by atoms with Gasteiger partial charge in [0.2, 0.25) is 10.0 Å². The van der Waals surface area contributed by atoms with Gasteiger partial charge in [-0.1, -0.05) is 12.5 Å². The maximum atomic E-state index is 13.0. The van der Waals surface area contributed by atoms with Crippen LogP contribution in [0.3, 0.4) is 0 Å². The number of nitrogens with one attached hydrogen (secondary N) is 2. The molecule has 152 valence electrons. The van der Waals surface area contributed by atoms with E-state index in [1.165, 1.54) is 6.07 Å². The molecule has 6 nitrogen and oxygen atoms in total. The first-order chi connectivity index (χ1) is 12.5. The van der Waals surface area contributed by atoms with Gasteiger partial charge >= 0.3 is 0 Å². The van der Waals surface area contributed by atoms with E-state index in [4.69, 9.17) is 0 Å². The SMILES string of the molecule is Cc1ccc(C(=O)NCCC2CCNC2)cc1S(=O)(=O)N1CCCCC1.Cl. The standard InChI is InChI=1S/C19H29N3O3S.ClH/c1-15-5-6-17(19(23)21-10-8-16-7-9-20-14-16)13-18(15)26(24,25)22-11-3-2-4-12-22;/h5-6,13,16,20H,2-4,7-12,14H2,1H3,(H,21,23);1H. The molecule has 2 aliphatic rings. The number of rotatable bonds is 6. The topological polar surface area (TPSA) is 78.5 Å². The van der Waals surface area contributed by atoms with Gasteiger partial charge in [-0.25, -0.2) is 8.42 Å². The number of hydrogen-bond donors (Lipinski definition) is 2. The fraction of sp³-hybridized carbons (Fsp3) is 0.632. The molecule has 0 aromatic heterocycles. The Bertz CT molecular complexity index is 743. The molecule has 1 aromatic rings. The Balaban J connectivity index is 0.00000261. The van der Waals surface area contributed by atoms with Crippen LogP contribution in [-0.4, -0.2) is 51.4 Å². The van der Waals surface area contributed by atoms with Crippen molar-refractivity contribution in [3.05, 3.63) is 29.3 Å². The van der Waals surface area contributed by atoms with Crippen LogP contribution >= 0.6 is 12.4 Å². The first-order valence-corrected chi connectivity index (χ1v) is 11.0. The molecule has 2 saturated heterocycles. The molecule has 2 fully saturated rings. The maximum Gasteiger partial charge on any atom is 0.251 e. The predicted molar refractivity (Wildman–Crippen MR) is 109 cm³/mol. The maximum absolute atomic E-state index is 13.0. The molecule has 0 aliphatic carbocycles. The van der Waals surface area contributed by atoms with Gasteiger partial charge in [0.15, 0.2) is 0 Å². The van der Waals surface area contributed by atoms with Crippen LogP contribution in [0.4, 0.5) is 0 Å². The number of amides is 1. The molecule has 1 atom stereocenters. The molecule has 0 spiro atoms. The van der Waals surface area contributed by atoms with Crippen LogP contribution in [0.5, 0.6) is 0 Å². The van der Waals surface area contributed by atoms with Gasteiger partial charge in [-0.05, 0) is 69.3 Å². The average molecular weight is 416 g/mol. The summed E-state index contributed by atoms with van der Waals surface area (Å²) in [6.07, 6.45) is 4.97. The average Bonchev–Trinajstić information content (AvgIpc) is 3.16. The van der Waals surface area contributed by atoms with E-state index in [2.05, 4.69) is 10.6 Å². The van der Waals surface area contributed by atoms with E-state index in [0.29, 0.717) is 36.7 Å². The van der Waals surface area contributed by atoms with Crippen molar-refractivity contribution in [1.82, 2.24) is 14.9 Å². The zero-order chi connectivity index (χ0) is 18.6. The third-order valence-corrected chi connectivity index (χ3v) is 7.42. The van der Waals surface area contributed by atoms with Gasteiger partial charge in [0.1, 0.15) is 0 Å². The van der Waals surface area contributed by atoms with Gasteiger partial charge in [0.05, 0.1) is 4.90 Å². The highest BCUT2D eigenvalue weighted by Gasteiger charge is 2.28. The summed E-state index contributed by atoms with van der Waals surface area (Å²) in [5, 5.41) is 6.25. The number of hydrogen-bond acceptors (Lipinski definition) is 4. The van der Waals surface area contributed by atoms with Crippen molar-refractivity contribution in [3.63, 3.8) is 0 Å². The predicted octanol–water partition coefficient (Wildman–Crippen LogP) is 2.32. The van der Waals surface area contributed by atoms with Crippen LogP contribution in [0.15, 0.2) is 23.1 Å². The van der Waals surface area contributed by atoms with E-state index in [9.17, 15) is 13.2 Å². The monoisotopic (exact) mass is 415 g/mol. The molecule has 0 saturated carbocycles. The summed E-state index contributed by atoms with van der Waals surface area (Å²) in [5.41, 5.74) is 1.10. The molecule has 2 heterocycles. The van der Waals surface area contributed by atoms with E-state index in [1.807, 2.05) is 0 Å². The molecule has 1 unspecified atom stereocenters. The second-order valence-electron chi connectivity index (χ2n) is 7.35. The number of carbonyl (C=O) groups excluding carboxylic acids is 1. The third-order valence-electron chi connectivity index (χ3n) is 5.38. The van der Waals surface area contributed by atoms with E-state index in [0.717, 1.165) is 45.2 Å². The number of benzene rings is 1. The molecule has 8 heteroatoms. The normalized spacial score (nSPS) is 20.9. The molecule has 1 amide bonds. The second kappa shape index (κ2) is 9.87. The quantitative estimate of drug-likeness (QED) is 0.747. The zero-order valence-electron chi connectivity index (χ0n) is 15.9. The molecule has 3 rings (SSSR count). The number of sulfonamides is 1. The molecular formula is C19H30ClN3O3S. The van der Waals surface area contributed by atoms with Gasteiger partial charge in [0, 0.05) is 25.2 Å². The van der Waals surface area contributed by atoms with Crippen molar-refractivity contribution in [2.45, 2.75) is 43.9 Å². The fourth-order valence-electron chi connectivity index (χ4n) is 3.72. The van der Waals surface area contributed by atoms with Crippen molar-refractivity contribution < 1.29 is 13.2 Å². The van der Waals surface area contributed by atoms with Crippen LogP contribution in [0.2, 0.25) is 0 Å². The first-order valence-electron chi connectivity index (χ1n) is 9.58. The molecule has 2 aliphatic heterocycles.